The summed E-state index contributed by atoms with van der Waals surface area (Å²) in [4.78, 5) is 0. The van der Waals surface area contributed by atoms with Crippen LogP contribution in [0.25, 0.3) is 0 Å². The van der Waals surface area contributed by atoms with Gasteiger partial charge in [0, 0.05) is 5.92 Å². The molecule has 0 aromatic heterocycles. The van der Waals surface area contributed by atoms with Gasteiger partial charge in [-0.05, 0) is 34.5 Å². The minimum atomic E-state index is 0.357. The van der Waals surface area contributed by atoms with Crippen LogP contribution in [0.4, 0.5) is 0 Å². The highest BCUT2D eigenvalue weighted by atomic mass is 79.9. The summed E-state index contributed by atoms with van der Waals surface area (Å²) in [7, 11) is 0. The van der Waals surface area contributed by atoms with E-state index in [1.54, 1.807) is 6.08 Å². The molecule has 1 atom stereocenters. The monoisotopic (exact) mass is 243 g/mol. The lowest BCUT2D eigenvalue weighted by Gasteiger charge is -2.26. The van der Waals surface area contributed by atoms with Crippen molar-refractivity contribution in [3.8, 4) is 0 Å². The lowest BCUT2D eigenvalue weighted by atomic mass is 9.93. The van der Waals surface area contributed by atoms with Crippen LogP contribution in [0.3, 0.4) is 0 Å². The van der Waals surface area contributed by atoms with Crippen LogP contribution in [0.1, 0.15) is 6.42 Å². The van der Waals surface area contributed by atoms with Gasteiger partial charge in [0.15, 0.2) is 0 Å². The Morgan fingerprint density at radius 1 is 1.77 bits per heavy atom. The van der Waals surface area contributed by atoms with Crippen LogP contribution in [-0.2, 0) is 4.74 Å². The van der Waals surface area contributed by atoms with Crippen LogP contribution in [-0.4, -0.2) is 13.2 Å². The molecule has 0 bridgehead atoms. The van der Waals surface area contributed by atoms with Crippen LogP contribution in [0.15, 0.2) is 35.0 Å². The van der Waals surface area contributed by atoms with Gasteiger partial charge in [0.05, 0.1) is 11.1 Å². The minimum absolute atomic E-state index is 0.357. The summed E-state index contributed by atoms with van der Waals surface area (Å²) >= 11 is 3.31. The molecule has 0 amide bonds. The zero-order chi connectivity index (χ0) is 9.84. The molecule has 72 valence electrons. The SMILES string of the molecule is C=CC1=C(C(=C)Br)OCCC1CN. The highest BCUT2D eigenvalue weighted by Gasteiger charge is 2.21. The molecule has 3 heteroatoms. The van der Waals surface area contributed by atoms with Crippen molar-refractivity contribution in [2.45, 2.75) is 6.42 Å². The molecule has 0 aromatic rings. The molecule has 0 fully saturated rings. The largest absolute Gasteiger partial charge is 0.492 e. The fourth-order valence-electron chi connectivity index (χ4n) is 1.47. The van der Waals surface area contributed by atoms with Gasteiger partial charge in [-0.1, -0.05) is 19.2 Å². The van der Waals surface area contributed by atoms with Crippen LogP contribution >= 0.6 is 15.9 Å². The van der Waals surface area contributed by atoms with Crippen molar-refractivity contribution in [2.75, 3.05) is 13.2 Å². The number of nitrogens with two attached hydrogens (primary N) is 1. The minimum Gasteiger partial charge on any atom is -0.492 e. The van der Waals surface area contributed by atoms with Gasteiger partial charge >= 0.3 is 0 Å². The molecular weight excluding hydrogens is 230 g/mol. The third-order valence-corrected chi connectivity index (χ3v) is 2.53. The summed E-state index contributed by atoms with van der Waals surface area (Å²) < 4.78 is 6.25. The quantitative estimate of drug-likeness (QED) is 0.826. The Balaban J connectivity index is 3.01. The van der Waals surface area contributed by atoms with E-state index in [-0.39, 0.29) is 0 Å². The molecule has 2 N–H and O–H groups in total. The number of rotatable bonds is 3. The lowest BCUT2D eigenvalue weighted by Crippen LogP contribution is -2.23. The van der Waals surface area contributed by atoms with E-state index in [4.69, 9.17) is 10.5 Å². The van der Waals surface area contributed by atoms with E-state index in [1.165, 1.54) is 0 Å². The molecule has 0 aromatic carbocycles. The maximum Gasteiger partial charge on any atom is 0.136 e. The average Bonchev–Trinajstić information content (AvgIpc) is 2.16. The number of hydrogen-bond donors (Lipinski definition) is 1. The van der Waals surface area contributed by atoms with Gasteiger partial charge in [0.1, 0.15) is 5.76 Å². The normalized spacial score (nSPS) is 22.5. The fraction of sp³-hybridized carbons (Fsp3) is 0.400. The highest BCUT2D eigenvalue weighted by Crippen LogP contribution is 2.31. The topological polar surface area (TPSA) is 35.2 Å². The summed E-state index contributed by atoms with van der Waals surface area (Å²) in [5, 5.41) is 0. The smallest absolute Gasteiger partial charge is 0.136 e. The first-order valence-corrected chi connectivity index (χ1v) is 5.04. The average molecular weight is 244 g/mol. The molecule has 1 aliphatic rings. The summed E-state index contributed by atoms with van der Waals surface area (Å²) in [6.45, 7) is 8.89. The first-order valence-electron chi connectivity index (χ1n) is 4.25. The standard InChI is InChI=1S/C10H14BrNO/c1-3-9-8(6-12)4-5-13-10(9)7(2)11/h3,8H,1-2,4-6,12H2. The van der Waals surface area contributed by atoms with Crippen LogP contribution in [0, 0.1) is 5.92 Å². The summed E-state index contributed by atoms with van der Waals surface area (Å²) in [5.41, 5.74) is 6.71. The molecule has 0 spiro atoms. The van der Waals surface area contributed by atoms with Gasteiger partial charge in [0.2, 0.25) is 0 Å². The van der Waals surface area contributed by atoms with Crippen molar-refractivity contribution in [1.29, 1.82) is 0 Å². The molecular formula is C10H14BrNO. The maximum atomic E-state index is 5.65. The van der Waals surface area contributed by atoms with Gasteiger partial charge < -0.3 is 10.5 Å². The van der Waals surface area contributed by atoms with Crippen LogP contribution < -0.4 is 5.73 Å². The zero-order valence-corrected chi connectivity index (χ0v) is 9.14. The Hall–Kier alpha value is -0.540. The molecule has 1 unspecified atom stereocenters. The Morgan fingerprint density at radius 2 is 2.46 bits per heavy atom. The Morgan fingerprint density at radius 3 is 2.92 bits per heavy atom. The van der Waals surface area contributed by atoms with E-state index in [0.29, 0.717) is 19.1 Å². The Labute approximate surface area is 87.3 Å². The van der Waals surface area contributed by atoms with E-state index >= 15 is 0 Å². The highest BCUT2D eigenvalue weighted by molar-refractivity contribution is 9.11. The Kier molecular flexibility index (Phi) is 3.75. The number of ether oxygens (including phenoxy) is 1. The molecule has 2 nitrogen and oxygen atoms in total. The molecule has 1 heterocycles. The molecule has 1 aliphatic heterocycles. The van der Waals surface area contributed by atoms with E-state index < -0.39 is 0 Å². The van der Waals surface area contributed by atoms with Crippen molar-refractivity contribution in [2.24, 2.45) is 11.7 Å². The number of halogens is 1. The molecule has 0 radical (unpaired) electrons. The summed E-state index contributed by atoms with van der Waals surface area (Å²) in [6.07, 6.45) is 2.76. The maximum absolute atomic E-state index is 5.65. The Bertz CT molecular complexity index is 258. The third-order valence-electron chi connectivity index (χ3n) is 2.17. The molecule has 0 aliphatic carbocycles. The molecule has 0 saturated carbocycles. The molecule has 1 rings (SSSR count). The van der Waals surface area contributed by atoms with Gasteiger partial charge in [-0.25, -0.2) is 0 Å². The van der Waals surface area contributed by atoms with Crippen molar-refractivity contribution >= 4 is 15.9 Å². The second kappa shape index (κ2) is 4.63. The zero-order valence-electron chi connectivity index (χ0n) is 7.55. The second-order valence-corrected chi connectivity index (χ2v) is 3.92. The van der Waals surface area contributed by atoms with Crippen molar-refractivity contribution in [1.82, 2.24) is 0 Å². The van der Waals surface area contributed by atoms with E-state index in [9.17, 15) is 0 Å². The first kappa shape index (κ1) is 10.5. The van der Waals surface area contributed by atoms with Crippen LogP contribution in [0.5, 0.6) is 0 Å². The lowest BCUT2D eigenvalue weighted by molar-refractivity contribution is 0.180. The van der Waals surface area contributed by atoms with Gasteiger partial charge in [-0.3, -0.25) is 0 Å². The first-order chi connectivity index (χ1) is 6.20. The van der Waals surface area contributed by atoms with E-state index in [0.717, 1.165) is 22.2 Å². The summed E-state index contributed by atoms with van der Waals surface area (Å²) in [5.74, 6) is 1.16. The predicted octanol–water partition coefficient (Wildman–Crippen LogP) is 2.33. The molecule has 0 saturated heterocycles. The number of hydrogen-bond acceptors (Lipinski definition) is 2. The number of allylic oxidation sites excluding steroid dienone is 2. The molecule has 13 heavy (non-hydrogen) atoms. The third kappa shape index (κ3) is 2.23. The van der Waals surface area contributed by atoms with Crippen LogP contribution in [0.2, 0.25) is 0 Å². The van der Waals surface area contributed by atoms with Gasteiger partial charge in [-0.2, -0.15) is 0 Å². The van der Waals surface area contributed by atoms with Crippen molar-refractivity contribution < 1.29 is 4.74 Å². The fourth-order valence-corrected chi connectivity index (χ4v) is 1.81. The van der Waals surface area contributed by atoms with Gasteiger partial charge in [0.25, 0.3) is 0 Å². The summed E-state index contributed by atoms with van der Waals surface area (Å²) in [6, 6.07) is 0. The predicted molar refractivity (Wildman–Crippen MR) is 58.4 cm³/mol. The van der Waals surface area contributed by atoms with Crippen molar-refractivity contribution in [3.63, 3.8) is 0 Å². The van der Waals surface area contributed by atoms with Gasteiger partial charge in [-0.15, -0.1) is 0 Å². The second-order valence-electron chi connectivity index (χ2n) is 2.96. The van der Waals surface area contributed by atoms with Crippen molar-refractivity contribution in [3.05, 3.63) is 35.0 Å². The van der Waals surface area contributed by atoms with E-state index in [2.05, 4.69) is 29.1 Å². The van der Waals surface area contributed by atoms with E-state index in [1.807, 2.05) is 0 Å².